The fourth-order valence-corrected chi connectivity index (χ4v) is 2.37. The van der Waals surface area contributed by atoms with E-state index in [0.29, 0.717) is 11.3 Å². The normalized spacial score (nSPS) is 9.88. The largest absolute Gasteiger partial charge is 0.506 e. The first-order chi connectivity index (χ1) is 12.2. The van der Waals surface area contributed by atoms with E-state index in [-0.39, 0.29) is 11.4 Å². The summed E-state index contributed by atoms with van der Waals surface area (Å²) in [6.07, 6.45) is 0. The molecule has 2 amide bonds. The first-order valence-electron chi connectivity index (χ1n) is 7.62. The summed E-state index contributed by atoms with van der Waals surface area (Å²) in [5.41, 5.74) is 3.33. The topological polar surface area (TPSA) is 85.2 Å². The highest BCUT2D eigenvalue weighted by Gasteiger charge is 2.07. The molecular formula is C20H15N3O2. The van der Waals surface area contributed by atoms with Crippen LogP contribution in [0.15, 0.2) is 72.8 Å². The fourth-order valence-electron chi connectivity index (χ4n) is 2.37. The Kier molecular flexibility index (Phi) is 4.63. The zero-order valence-electron chi connectivity index (χ0n) is 13.2. The smallest absolute Gasteiger partial charge is 0.323 e. The Labute approximate surface area is 145 Å². The molecule has 0 aliphatic heterocycles. The molecule has 0 bridgehead atoms. The van der Waals surface area contributed by atoms with E-state index in [4.69, 9.17) is 5.26 Å². The van der Waals surface area contributed by atoms with Crippen LogP contribution in [0, 0.1) is 11.3 Å². The molecule has 0 fully saturated rings. The van der Waals surface area contributed by atoms with Crippen LogP contribution >= 0.6 is 0 Å². The van der Waals surface area contributed by atoms with Crippen molar-refractivity contribution in [1.29, 1.82) is 5.26 Å². The number of hydrogen-bond acceptors (Lipinski definition) is 3. The van der Waals surface area contributed by atoms with Gasteiger partial charge in [-0.2, -0.15) is 5.26 Å². The number of carbonyl (C=O) groups is 1. The molecule has 3 N–H and O–H groups in total. The van der Waals surface area contributed by atoms with Crippen LogP contribution in [0.5, 0.6) is 5.75 Å². The van der Waals surface area contributed by atoms with Crippen molar-refractivity contribution in [3.8, 4) is 22.9 Å². The van der Waals surface area contributed by atoms with Crippen LogP contribution < -0.4 is 10.6 Å². The molecule has 0 heterocycles. The number of aromatic hydroxyl groups is 1. The number of benzene rings is 3. The summed E-state index contributed by atoms with van der Waals surface area (Å²) in [5, 5.41) is 23.8. The average Bonchev–Trinajstić information content (AvgIpc) is 2.64. The van der Waals surface area contributed by atoms with Gasteiger partial charge in [0.1, 0.15) is 5.75 Å². The van der Waals surface area contributed by atoms with Crippen LogP contribution in [0.1, 0.15) is 5.56 Å². The van der Waals surface area contributed by atoms with Gasteiger partial charge >= 0.3 is 6.03 Å². The maximum Gasteiger partial charge on any atom is 0.323 e. The minimum absolute atomic E-state index is 0.159. The molecule has 5 heteroatoms. The van der Waals surface area contributed by atoms with E-state index in [1.165, 1.54) is 18.2 Å². The predicted molar refractivity (Wildman–Crippen MR) is 97.3 cm³/mol. The van der Waals surface area contributed by atoms with Gasteiger partial charge < -0.3 is 15.7 Å². The molecule has 3 aromatic carbocycles. The second kappa shape index (κ2) is 7.20. The third kappa shape index (κ3) is 3.95. The average molecular weight is 329 g/mol. The molecule has 0 saturated heterocycles. The molecular weight excluding hydrogens is 314 g/mol. The number of anilines is 2. The molecule has 25 heavy (non-hydrogen) atoms. The molecule has 0 aromatic heterocycles. The van der Waals surface area contributed by atoms with Gasteiger partial charge in [-0.3, -0.25) is 0 Å². The van der Waals surface area contributed by atoms with Crippen molar-refractivity contribution in [2.24, 2.45) is 0 Å². The molecule has 0 aliphatic carbocycles. The van der Waals surface area contributed by atoms with Crippen molar-refractivity contribution in [1.82, 2.24) is 0 Å². The lowest BCUT2D eigenvalue weighted by Gasteiger charge is -2.10. The molecule has 122 valence electrons. The molecule has 0 spiro atoms. The zero-order chi connectivity index (χ0) is 17.6. The highest BCUT2D eigenvalue weighted by Crippen LogP contribution is 2.25. The Morgan fingerprint density at radius 2 is 1.56 bits per heavy atom. The second-order valence-electron chi connectivity index (χ2n) is 5.37. The molecule has 3 aromatic rings. The van der Waals surface area contributed by atoms with Crippen LogP contribution in [0.3, 0.4) is 0 Å². The number of hydrogen-bond donors (Lipinski definition) is 3. The third-order valence-corrected chi connectivity index (χ3v) is 3.62. The number of phenols is 1. The maximum atomic E-state index is 12.0. The highest BCUT2D eigenvalue weighted by molar-refractivity contribution is 6.00. The number of nitriles is 1. The summed E-state index contributed by atoms with van der Waals surface area (Å²) < 4.78 is 0. The molecule has 0 radical (unpaired) electrons. The van der Waals surface area contributed by atoms with Gasteiger partial charge in [0, 0.05) is 5.69 Å². The summed E-state index contributed by atoms with van der Waals surface area (Å²) in [6, 6.07) is 23.1. The number of nitrogens with zero attached hydrogens (tertiary/aromatic N) is 1. The number of nitrogens with one attached hydrogen (secondary N) is 2. The minimum atomic E-state index is -0.479. The zero-order valence-corrected chi connectivity index (χ0v) is 13.2. The Hall–Kier alpha value is -3.78. The van der Waals surface area contributed by atoms with Crippen molar-refractivity contribution in [3.05, 3.63) is 78.4 Å². The van der Waals surface area contributed by atoms with E-state index in [1.54, 1.807) is 12.1 Å². The van der Waals surface area contributed by atoms with Crippen LogP contribution in [0.4, 0.5) is 16.2 Å². The van der Waals surface area contributed by atoms with Gasteiger partial charge in [0.2, 0.25) is 0 Å². The number of rotatable bonds is 3. The van der Waals surface area contributed by atoms with Gasteiger partial charge in [0.15, 0.2) is 0 Å². The SMILES string of the molecule is N#Cc1ccc(NC(=O)Nc2ccc(-c3ccccc3)cc2)c(O)c1. The van der Waals surface area contributed by atoms with Crippen LogP contribution in [-0.2, 0) is 0 Å². The standard InChI is InChI=1S/C20H15N3O2/c21-13-14-6-11-18(19(24)12-14)23-20(25)22-17-9-7-16(8-10-17)15-4-2-1-3-5-15/h1-12,24H,(H2,22,23,25). The molecule has 0 saturated carbocycles. The van der Waals surface area contributed by atoms with E-state index in [1.807, 2.05) is 48.5 Å². The van der Waals surface area contributed by atoms with Crippen LogP contribution in [0.2, 0.25) is 0 Å². The van der Waals surface area contributed by atoms with E-state index in [2.05, 4.69) is 10.6 Å². The van der Waals surface area contributed by atoms with Crippen molar-refractivity contribution < 1.29 is 9.90 Å². The van der Waals surface area contributed by atoms with Gasteiger partial charge in [-0.25, -0.2) is 4.79 Å². The quantitative estimate of drug-likeness (QED) is 0.615. The van der Waals surface area contributed by atoms with E-state index < -0.39 is 6.03 Å². The van der Waals surface area contributed by atoms with Crippen molar-refractivity contribution in [2.45, 2.75) is 0 Å². The van der Waals surface area contributed by atoms with E-state index in [0.717, 1.165) is 11.1 Å². The molecule has 3 rings (SSSR count). The Morgan fingerprint density at radius 1 is 0.880 bits per heavy atom. The van der Waals surface area contributed by atoms with E-state index >= 15 is 0 Å². The lowest BCUT2D eigenvalue weighted by atomic mass is 10.1. The lowest BCUT2D eigenvalue weighted by molar-refractivity contribution is 0.262. The van der Waals surface area contributed by atoms with Gasteiger partial charge in [-0.15, -0.1) is 0 Å². The maximum absolute atomic E-state index is 12.0. The van der Waals surface area contributed by atoms with Crippen molar-refractivity contribution >= 4 is 17.4 Å². The number of amides is 2. The first kappa shape index (κ1) is 16.1. The van der Waals surface area contributed by atoms with Gasteiger partial charge in [0.25, 0.3) is 0 Å². The third-order valence-electron chi connectivity index (χ3n) is 3.62. The summed E-state index contributed by atoms with van der Waals surface area (Å²) in [7, 11) is 0. The summed E-state index contributed by atoms with van der Waals surface area (Å²) >= 11 is 0. The highest BCUT2D eigenvalue weighted by atomic mass is 16.3. The number of carbonyl (C=O) groups excluding carboxylic acids is 1. The van der Waals surface area contributed by atoms with E-state index in [9.17, 15) is 9.90 Å². The van der Waals surface area contributed by atoms with Gasteiger partial charge in [-0.05, 0) is 41.5 Å². The molecule has 0 aliphatic rings. The summed E-state index contributed by atoms with van der Waals surface area (Å²) in [5.74, 6) is -0.159. The van der Waals surface area contributed by atoms with Gasteiger partial charge in [-0.1, -0.05) is 42.5 Å². The Balaban J connectivity index is 1.66. The fraction of sp³-hybridized carbons (Fsp3) is 0. The Bertz CT molecular complexity index is 929. The monoisotopic (exact) mass is 329 g/mol. The minimum Gasteiger partial charge on any atom is -0.506 e. The number of phenolic OH excluding ortho intramolecular Hbond substituents is 1. The summed E-state index contributed by atoms with van der Waals surface area (Å²) in [4.78, 5) is 12.0. The molecule has 0 atom stereocenters. The molecule has 0 unspecified atom stereocenters. The molecule has 5 nitrogen and oxygen atoms in total. The second-order valence-corrected chi connectivity index (χ2v) is 5.37. The first-order valence-corrected chi connectivity index (χ1v) is 7.62. The van der Waals surface area contributed by atoms with Crippen LogP contribution in [-0.4, -0.2) is 11.1 Å². The predicted octanol–water partition coefficient (Wildman–Crippen LogP) is 4.57. The van der Waals surface area contributed by atoms with Gasteiger partial charge in [0.05, 0.1) is 17.3 Å². The van der Waals surface area contributed by atoms with Crippen molar-refractivity contribution in [2.75, 3.05) is 10.6 Å². The summed E-state index contributed by atoms with van der Waals surface area (Å²) in [6.45, 7) is 0. The Morgan fingerprint density at radius 3 is 2.20 bits per heavy atom. The van der Waals surface area contributed by atoms with Crippen LogP contribution in [0.25, 0.3) is 11.1 Å². The number of urea groups is 1. The van der Waals surface area contributed by atoms with Crippen molar-refractivity contribution in [3.63, 3.8) is 0 Å². The lowest BCUT2D eigenvalue weighted by Crippen LogP contribution is -2.19.